The number of hydrogen-bond acceptors (Lipinski definition) is 10. The summed E-state index contributed by atoms with van der Waals surface area (Å²) in [6, 6.07) is 12.5. The molecule has 20 heteroatoms. The second kappa shape index (κ2) is 19.3. The van der Waals surface area contributed by atoms with Gasteiger partial charge in [0.2, 0.25) is 0 Å². The van der Waals surface area contributed by atoms with Crippen molar-refractivity contribution >= 4 is 61.7 Å². The predicted molar refractivity (Wildman–Crippen MR) is 285 cm³/mol. The van der Waals surface area contributed by atoms with Crippen LogP contribution >= 0.6 is 15.9 Å². The van der Waals surface area contributed by atoms with E-state index in [9.17, 15) is 18.3 Å². The molecule has 4 aromatic heterocycles. The molecule has 0 bridgehead atoms. The van der Waals surface area contributed by atoms with Crippen LogP contribution < -0.4 is 16.1 Å². The fourth-order valence-corrected chi connectivity index (χ4v) is 11.0. The Balaban J connectivity index is 0.000000142. The lowest BCUT2D eigenvalue weighted by Gasteiger charge is -2.35. The maximum atomic E-state index is 15.7. The number of fused-ring (bicyclic) bond motifs is 8. The zero-order valence-electron chi connectivity index (χ0n) is 43.8. The number of aryl methyl sites for hydroxylation is 2. The zero-order valence-corrected chi connectivity index (χ0v) is 45.4. The van der Waals surface area contributed by atoms with E-state index in [2.05, 4.69) is 47.0 Å². The third-order valence-corrected chi connectivity index (χ3v) is 15.5. The lowest BCUT2D eigenvalue weighted by molar-refractivity contribution is 0.00578. The van der Waals surface area contributed by atoms with Crippen LogP contribution in [0.15, 0.2) is 65.4 Å². The van der Waals surface area contributed by atoms with E-state index in [4.69, 9.17) is 14.4 Å². The summed E-state index contributed by atoms with van der Waals surface area (Å²) in [5.41, 5.74) is 5.92. The Morgan fingerprint density at radius 3 is 1.58 bits per heavy atom. The first-order valence-corrected chi connectivity index (χ1v) is 25.6. The van der Waals surface area contributed by atoms with Gasteiger partial charge in [-0.3, -0.25) is 9.13 Å². The number of aromatic nitrogens is 8. The van der Waals surface area contributed by atoms with Gasteiger partial charge in [0.15, 0.2) is 11.6 Å². The van der Waals surface area contributed by atoms with Crippen molar-refractivity contribution in [1.82, 2.24) is 38.7 Å². The van der Waals surface area contributed by atoms with Crippen LogP contribution in [0.3, 0.4) is 0 Å². The largest absolute Gasteiger partial charge is 0.495 e. The Hall–Kier alpha value is -6.06. The highest BCUT2D eigenvalue weighted by molar-refractivity contribution is 9.10. The van der Waals surface area contributed by atoms with Gasteiger partial charge in [0, 0.05) is 42.5 Å². The van der Waals surface area contributed by atoms with Crippen molar-refractivity contribution in [2.45, 2.75) is 131 Å². The van der Waals surface area contributed by atoms with Crippen LogP contribution in [0, 0.1) is 37.1 Å². The number of rotatable bonds is 8. The molecule has 3 aliphatic heterocycles. The third kappa shape index (κ3) is 8.88. The number of nitrogens with one attached hydrogen (secondary N) is 2. The Labute approximate surface area is 436 Å². The number of hydrogen-bond donors (Lipinski definition) is 4. The Morgan fingerprint density at radius 1 is 0.622 bits per heavy atom. The maximum Gasteiger partial charge on any atom is 0.495 e. The molecular formula is C54H62BBrF4N10O4. The second-order valence-corrected chi connectivity index (χ2v) is 21.8. The number of aliphatic hydroxyl groups is 2. The van der Waals surface area contributed by atoms with E-state index in [1.54, 1.807) is 10.8 Å². The molecular weight excluding hydrogens is 1020 g/mol. The molecule has 0 unspecified atom stereocenters. The van der Waals surface area contributed by atoms with E-state index < -0.39 is 35.5 Å². The summed E-state index contributed by atoms with van der Waals surface area (Å²) in [6.45, 7) is 24.3. The van der Waals surface area contributed by atoms with E-state index in [1.165, 1.54) is 36.4 Å². The van der Waals surface area contributed by atoms with Crippen molar-refractivity contribution in [3.05, 3.63) is 123 Å². The molecule has 74 heavy (non-hydrogen) atoms. The Morgan fingerprint density at radius 2 is 1.08 bits per heavy atom. The fourth-order valence-electron chi connectivity index (χ4n) is 10.4. The normalized spacial score (nSPS) is 16.3. The summed E-state index contributed by atoms with van der Waals surface area (Å²) in [5.74, 6) is 1.65. The third-order valence-electron chi connectivity index (χ3n) is 14.7. The number of aliphatic hydroxyl groups excluding tert-OH is 2. The van der Waals surface area contributed by atoms with Gasteiger partial charge in [-0.15, -0.1) is 20.4 Å². The van der Waals surface area contributed by atoms with E-state index in [-0.39, 0.29) is 30.4 Å². The van der Waals surface area contributed by atoms with Gasteiger partial charge >= 0.3 is 7.12 Å². The summed E-state index contributed by atoms with van der Waals surface area (Å²) < 4.78 is 78.7. The first kappa shape index (κ1) is 52.8. The van der Waals surface area contributed by atoms with E-state index in [1.807, 2.05) is 115 Å². The molecule has 14 nitrogen and oxygen atoms in total. The van der Waals surface area contributed by atoms with Gasteiger partial charge in [-0.1, -0.05) is 13.8 Å². The van der Waals surface area contributed by atoms with Crippen LogP contribution in [-0.2, 0) is 46.3 Å². The molecule has 0 amide bonds. The molecule has 390 valence electrons. The summed E-state index contributed by atoms with van der Waals surface area (Å²) in [5, 5.41) is 44.0. The molecule has 1 fully saturated rings. The smallest absolute Gasteiger partial charge is 0.399 e. The molecule has 0 atom stereocenters. The summed E-state index contributed by atoms with van der Waals surface area (Å²) in [4.78, 5) is 0. The van der Waals surface area contributed by atoms with Crippen molar-refractivity contribution in [3.63, 3.8) is 0 Å². The topological polar surface area (TPSA) is 154 Å². The Bertz CT molecular complexity index is 3470. The quantitative estimate of drug-likeness (QED) is 0.0854. The second-order valence-electron chi connectivity index (χ2n) is 21.0. The molecule has 11 rings (SSSR count). The minimum atomic E-state index is -0.604. The van der Waals surface area contributed by atoms with Crippen LogP contribution in [0.25, 0.3) is 44.3 Å². The van der Waals surface area contributed by atoms with Crippen LogP contribution in [0.2, 0.25) is 0 Å². The number of benzene rings is 4. The van der Waals surface area contributed by atoms with Gasteiger partial charge < -0.3 is 39.3 Å². The SMILES string of the molecule is CC1(C)OB(c2cc(F)cc3c2ccn3CCO)OC1(C)C.CCc1c(-c2cc(F)cc3c2ccn3CCO)c(F)cc2c1-n1c(C)nnc1C(C)(C)N2.CCc1c(Br)c(F)cc2c1-n1c(C)nnc1C(C)(C)N2. The van der Waals surface area contributed by atoms with Gasteiger partial charge in [0.25, 0.3) is 0 Å². The average molecular weight is 1080 g/mol. The number of nitrogens with zero attached hydrogens (tertiary/aromatic N) is 8. The van der Waals surface area contributed by atoms with Crippen molar-refractivity contribution < 1.29 is 37.1 Å². The number of anilines is 2. The van der Waals surface area contributed by atoms with Crippen LogP contribution in [0.1, 0.15) is 104 Å². The minimum absolute atomic E-state index is 0.00607. The monoisotopic (exact) mass is 1080 g/mol. The molecule has 0 radical (unpaired) electrons. The van der Waals surface area contributed by atoms with Gasteiger partial charge in [0.1, 0.15) is 34.9 Å². The van der Waals surface area contributed by atoms with E-state index >= 15 is 4.39 Å². The predicted octanol–water partition coefficient (Wildman–Crippen LogP) is 10.5. The number of halogens is 5. The first-order chi connectivity index (χ1) is 34.9. The molecule has 3 aliphatic rings. The maximum absolute atomic E-state index is 15.7. The fraction of sp³-hybridized carbons (Fsp3) is 0.407. The Kier molecular flexibility index (Phi) is 13.7. The highest BCUT2D eigenvalue weighted by Gasteiger charge is 2.52. The molecule has 4 aromatic carbocycles. The van der Waals surface area contributed by atoms with Crippen molar-refractivity contribution in [3.8, 4) is 22.5 Å². The molecule has 7 heterocycles. The molecule has 0 spiro atoms. The van der Waals surface area contributed by atoms with Crippen molar-refractivity contribution in [1.29, 1.82) is 0 Å². The minimum Gasteiger partial charge on any atom is -0.399 e. The highest BCUT2D eigenvalue weighted by Crippen LogP contribution is 2.46. The van der Waals surface area contributed by atoms with Crippen molar-refractivity contribution in [2.24, 2.45) is 0 Å². The molecule has 1 saturated heterocycles. The summed E-state index contributed by atoms with van der Waals surface area (Å²) in [7, 11) is -0.604. The van der Waals surface area contributed by atoms with Gasteiger partial charge in [-0.2, -0.15) is 0 Å². The lowest BCUT2D eigenvalue weighted by Crippen LogP contribution is -2.41. The molecule has 8 aromatic rings. The van der Waals surface area contributed by atoms with E-state index in [0.717, 1.165) is 68.4 Å². The average Bonchev–Trinajstić information content (AvgIpc) is 4.15. The van der Waals surface area contributed by atoms with Crippen LogP contribution in [0.5, 0.6) is 0 Å². The molecule has 0 saturated carbocycles. The molecule has 0 aliphatic carbocycles. The van der Waals surface area contributed by atoms with Gasteiger partial charge in [0.05, 0.1) is 73.7 Å². The van der Waals surface area contributed by atoms with Gasteiger partial charge in [-0.05, 0) is 168 Å². The highest BCUT2D eigenvalue weighted by atomic mass is 79.9. The van der Waals surface area contributed by atoms with Crippen LogP contribution in [0.4, 0.5) is 28.9 Å². The standard InChI is InChI=1S/C24H25F2N5O.C16H21BFNO3.C14H16BrFN4/c1-5-15-21(17-10-14(25)11-20-16(17)6-7-30(20)8-9-32)18(26)12-19-22(15)31-13(2)28-29-23(31)24(3,4)27-19;1-15(2)16(3,4)22-17(21-15)13-9-11(18)10-14-12(13)5-6-19(14)7-8-20;1-5-8-11(15)9(16)6-10-12(8)20-7(2)18-19-13(20)14(3,4)17-10/h6-7,10-12,27,32H,5,8-9H2,1-4H3;5-6,9-10,20H,7-8H2,1-4H3;6,17H,5H2,1-4H3. The summed E-state index contributed by atoms with van der Waals surface area (Å²) in [6.07, 6.45) is 4.89. The molecule has 4 N–H and O–H groups in total. The van der Waals surface area contributed by atoms with Crippen molar-refractivity contribution in [2.75, 3.05) is 23.8 Å². The summed E-state index contributed by atoms with van der Waals surface area (Å²) >= 11 is 3.36. The first-order valence-electron chi connectivity index (χ1n) is 24.8. The lowest BCUT2D eigenvalue weighted by atomic mass is 9.77. The van der Waals surface area contributed by atoms with Gasteiger partial charge in [-0.25, -0.2) is 17.6 Å². The van der Waals surface area contributed by atoms with Crippen LogP contribution in [-0.4, -0.2) is 80.4 Å². The van der Waals surface area contributed by atoms with E-state index in [0.29, 0.717) is 57.6 Å². The zero-order chi connectivity index (χ0) is 53.6.